The van der Waals surface area contributed by atoms with Crippen LogP contribution >= 0.6 is 0 Å². The van der Waals surface area contributed by atoms with Gasteiger partial charge >= 0.3 is 12.3 Å². The highest BCUT2D eigenvalue weighted by Crippen LogP contribution is 1.89. The van der Waals surface area contributed by atoms with Gasteiger partial charge in [0.2, 0.25) is 0 Å². The standard InChI is InChI=1S/C12H22O9/c1-15-3-7-18-11(13)20-9-5-17-6-10-21-12(14)19-8-4-16-2/h3-10H2,1-2H3. The molecule has 0 bridgehead atoms. The number of hydrogen-bond donors (Lipinski definition) is 0. The van der Waals surface area contributed by atoms with Gasteiger partial charge in [-0.05, 0) is 0 Å². The van der Waals surface area contributed by atoms with Crippen LogP contribution in [-0.2, 0) is 33.2 Å². The van der Waals surface area contributed by atoms with Crippen LogP contribution in [0.15, 0.2) is 0 Å². The Hall–Kier alpha value is -1.58. The topological polar surface area (TPSA) is 98.8 Å². The zero-order valence-corrected chi connectivity index (χ0v) is 12.3. The van der Waals surface area contributed by atoms with Crippen molar-refractivity contribution in [2.24, 2.45) is 0 Å². The van der Waals surface area contributed by atoms with Gasteiger partial charge in [0.25, 0.3) is 0 Å². The molecule has 124 valence electrons. The molecule has 0 fully saturated rings. The van der Waals surface area contributed by atoms with Gasteiger partial charge in [-0.3, -0.25) is 0 Å². The van der Waals surface area contributed by atoms with Gasteiger partial charge in [-0.15, -0.1) is 0 Å². The van der Waals surface area contributed by atoms with Crippen molar-refractivity contribution in [2.75, 3.05) is 67.1 Å². The maximum atomic E-state index is 11.0. The first kappa shape index (κ1) is 19.4. The van der Waals surface area contributed by atoms with Gasteiger partial charge < -0.3 is 33.2 Å². The second-order valence-corrected chi connectivity index (χ2v) is 3.49. The Bertz CT molecular complexity index is 243. The normalized spacial score (nSPS) is 10.0. The molecule has 0 saturated heterocycles. The molecular weight excluding hydrogens is 288 g/mol. The molecule has 0 rings (SSSR count). The second kappa shape index (κ2) is 14.8. The van der Waals surface area contributed by atoms with E-state index >= 15 is 0 Å². The molecule has 0 aliphatic heterocycles. The molecule has 0 atom stereocenters. The number of methoxy groups -OCH3 is 2. The lowest BCUT2D eigenvalue weighted by molar-refractivity contribution is -0.00141. The molecule has 0 aliphatic carbocycles. The summed E-state index contributed by atoms with van der Waals surface area (Å²) < 4.78 is 33.2. The molecule has 0 aliphatic rings. The van der Waals surface area contributed by atoms with Crippen molar-refractivity contribution in [2.45, 2.75) is 0 Å². The van der Waals surface area contributed by atoms with Crippen LogP contribution in [0.25, 0.3) is 0 Å². The number of ether oxygens (including phenoxy) is 7. The lowest BCUT2D eigenvalue weighted by Crippen LogP contribution is -2.17. The largest absolute Gasteiger partial charge is 0.508 e. The van der Waals surface area contributed by atoms with Gasteiger partial charge in [-0.1, -0.05) is 0 Å². The predicted octanol–water partition coefficient (Wildman–Crippen LogP) is 0.602. The minimum Gasteiger partial charge on any atom is -0.432 e. The molecule has 0 aromatic carbocycles. The molecule has 0 saturated carbocycles. The SMILES string of the molecule is COCCOC(=O)OCCOCCOC(=O)OCCOC. The van der Waals surface area contributed by atoms with Crippen LogP contribution in [0.2, 0.25) is 0 Å². The lowest BCUT2D eigenvalue weighted by Gasteiger charge is -2.07. The first-order valence-electron chi connectivity index (χ1n) is 6.35. The molecule has 0 N–H and O–H groups in total. The highest BCUT2D eigenvalue weighted by Gasteiger charge is 2.04. The predicted molar refractivity (Wildman–Crippen MR) is 69.2 cm³/mol. The third-order valence-electron chi connectivity index (χ3n) is 1.91. The number of carbonyl (C=O) groups is 2. The second-order valence-electron chi connectivity index (χ2n) is 3.49. The molecule has 9 heteroatoms. The van der Waals surface area contributed by atoms with E-state index in [4.69, 9.17) is 23.7 Å². The molecular formula is C12H22O9. The quantitative estimate of drug-likeness (QED) is 0.379. The Morgan fingerprint density at radius 1 is 0.571 bits per heavy atom. The summed E-state index contributed by atoms with van der Waals surface area (Å²) in [4.78, 5) is 21.9. The van der Waals surface area contributed by atoms with Crippen LogP contribution < -0.4 is 0 Å². The fourth-order valence-corrected chi connectivity index (χ4v) is 0.970. The fraction of sp³-hybridized carbons (Fsp3) is 0.833. The van der Waals surface area contributed by atoms with Crippen LogP contribution in [-0.4, -0.2) is 79.4 Å². The van der Waals surface area contributed by atoms with Crippen LogP contribution in [0, 0.1) is 0 Å². The third-order valence-corrected chi connectivity index (χ3v) is 1.91. The minimum atomic E-state index is -0.784. The van der Waals surface area contributed by atoms with Crippen molar-refractivity contribution in [3.05, 3.63) is 0 Å². The van der Waals surface area contributed by atoms with Crippen molar-refractivity contribution in [3.63, 3.8) is 0 Å². The highest BCUT2D eigenvalue weighted by molar-refractivity contribution is 5.60. The monoisotopic (exact) mass is 310 g/mol. The van der Waals surface area contributed by atoms with Gasteiger partial charge in [-0.25, -0.2) is 9.59 Å². The van der Waals surface area contributed by atoms with Gasteiger partial charge in [0.05, 0.1) is 26.4 Å². The summed E-state index contributed by atoms with van der Waals surface area (Å²) in [6, 6.07) is 0. The zero-order valence-electron chi connectivity index (χ0n) is 12.3. The number of rotatable bonds is 12. The molecule has 0 spiro atoms. The molecule has 9 nitrogen and oxygen atoms in total. The van der Waals surface area contributed by atoms with Crippen molar-refractivity contribution in [1.29, 1.82) is 0 Å². The van der Waals surface area contributed by atoms with E-state index in [1.54, 1.807) is 0 Å². The first-order valence-corrected chi connectivity index (χ1v) is 6.35. The molecule has 0 heterocycles. The molecule has 0 radical (unpaired) electrons. The van der Waals surface area contributed by atoms with E-state index in [9.17, 15) is 9.59 Å². The summed E-state index contributed by atoms with van der Waals surface area (Å²) in [5, 5.41) is 0. The summed E-state index contributed by atoms with van der Waals surface area (Å²) in [6.45, 7) is 1.31. The Morgan fingerprint density at radius 2 is 0.905 bits per heavy atom. The van der Waals surface area contributed by atoms with E-state index in [1.807, 2.05) is 0 Å². The molecule has 0 aromatic heterocycles. The third kappa shape index (κ3) is 14.6. The van der Waals surface area contributed by atoms with Crippen LogP contribution in [0.4, 0.5) is 9.59 Å². The van der Waals surface area contributed by atoms with Crippen LogP contribution in [0.5, 0.6) is 0 Å². The van der Waals surface area contributed by atoms with E-state index in [2.05, 4.69) is 9.47 Å². The van der Waals surface area contributed by atoms with E-state index in [0.717, 1.165) is 0 Å². The maximum Gasteiger partial charge on any atom is 0.508 e. The Labute approximate surface area is 123 Å². The van der Waals surface area contributed by atoms with Crippen molar-refractivity contribution in [1.82, 2.24) is 0 Å². The lowest BCUT2D eigenvalue weighted by atomic mass is 10.7. The summed E-state index contributed by atoms with van der Waals surface area (Å²) >= 11 is 0. The number of carbonyl (C=O) groups excluding carboxylic acids is 2. The Kier molecular flexibility index (Phi) is 13.7. The Balaban J connectivity index is 3.24. The van der Waals surface area contributed by atoms with Crippen molar-refractivity contribution < 1.29 is 42.7 Å². The fourth-order valence-electron chi connectivity index (χ4n) is 0.970. The Morgan fingerprint density at radius 3 is 1.24 bits per heavy atom. The van der Waals surface area contributed by atoms with Crippen LogP contribution in [0.1, 0.15) is 0 Å². The molecule has 0 amide bonds. The average molecular weight is 310 g/mol. The number of hydrogen-bond acceptors (Lipinski definition) is 9. The van der Waals surface area contributed by atoms with Gasteiger partial charge in [0.15, 0.2) is 0 Å². The van der Waals surface area contributed by atoms with E-state index < -0.39 is 12.3 Å². The van der Waals surface area contributed by atoms with Crippen molar-refractivity contribution in [3.8, 4) is 0 Å². The minimum absolute atomic E-state index is 0.0457. The van der Waals surface area contributed by atoms with Crippen molar-refractivity contribution >= 4 is 12.3 Å². The highest BCUT2D eigenvalue weighted by atomic mass is 16.7. The first-order chi connectivity index (χ1) is 10.2. The van der Waals surface area contributed by atoms with Gasteiger partial charge in [0.1, 0.15) is 26.4 Å². The maximum absolute atomic E-state index is 11.0. The average Bonchev–Trinajstić information content (AvgIpc) is 2.47. The summed E-state index contributed by atoms with van der Waals surface area (Å²) in [7, 11) is 3.00. The van der Waals surface area contributed by atoms with E-state index in [-0.39, 0.29) is 39.6 Å². The van der Waals surface area contributed by atoms with E-state index in [1.165, 1.54) is 14.2 Å². The summed E-state index contributed by atoms with van der Waals surface area (Å²) in [5.41, 5.74) is 0. The van der Waals surface area contributed by atoms with Gasteiger partial charge in [0, 0.05) is 14.2 Å². The summed E-state index contributed by atoms with van der Waals surface area (Å²) in [6.07, 6.45) is -1.57. The van der Waals surface area contributed by atoms with Gasteiger partial charge in [-0.2, -0.15) is 0 Å². The van der Waals surface area contributed by atoms with E-state index in [0.29, 0.717) is 13.2 Å². The molecule has 0 aromatic rings. The van der Waals surface area contributed by atoms with Crippen LogP contribution in [0.3, 0.4) is 0 Å². The summed E-state index contributed by atoms with van der Waals surface area (Å²) in [5.74, 6) is 0. The molecule has 0 unspecified atom stereocenters. The molecule has 21 heavy (non-hydrogen) atoms. The smallest absolute Gasteiger partial charge is 0.432 e. The zero-order chi connectivity index (χ0) is 15.8.